The second kappa shape index (κ2) is 3.34. The Kier molecular flexibility index (Phi) is 2.19. The average Bonchev–Trinajstić information content (AvgIpc) is 2.29. The number of likely N-dealkylation sites (N-methyl/N-ethyl adjacent to an activating group) is 1. The molecule has 1 aromatic heterocycles. The summed E-state index contributed by atoms with van der Waals surface area (Å²) in [5.41, 5.74) is 1.04. The van der Waals surface area contributed by atoms with Crippen molar-refractivity contribution in [1.82, 2.24) is 9.88 Å². The number of fused-ring (bicyclic) bond motifs is 1. The Morgan fingerprint density at radius 1 is 1.62 bits per heavy atom. The number of nitrogens with zero attached hydrogens (tertiary/aromatic N) is 2. The fourth-order valence-electron chi connectivity index (χ4n) is 1.54. The first-order valence-electron chi connectivity index (χ1n) is 4.57. The summed E-state index contributed by atoms with van der Waals surface area (Å²) in [7, 11) is 2.10. The van der Waals surface area contributed by atoms with Crippen LogP contribution in [0.15, 0.2) is 18.3 Å². The molecule has 0 aliphatic carbocycles. The molecule has 2 heterocycles. The molecule has 1 unspecified atom stereocenters. The van der Waals surface area contributed by atoms with Gasteiger partial charge in [-0.25, -0.2) is 0 Å². The molecule has 1 aliphatic heterocycles. The summed E-state index contributed by atoms with van der Waals surface area (Å²) < 4.78 is 5.59. The number of hydrogen-bond acceptors (Lipinski definition) is 3. The lowest BCUT2D eigenvalue weighted by molar-refractivity contribution is 0.228. The van der Waals surface area contributed by atoms with Crippen LogP contribution in [0.25, 0.3) is 0 Å². The molecule has 1 aliphatic rings. The first-order chi connectivity index (χ1) is 6.29. The van der Waals surface area contributed by atoms with Gasteiger partial charge in [0.15, 0.2) is 0 Å². The zero-order valence-electron chi connectivity index (χ0n) is 8.03. The Morgan fingerprint density at radius 2 is 2.46 bits per heavy atom. The third kappa shape index (κ3) is 1.52. The molecule has 0 fully saturated rings. The number of hydrogen-bond donors (Lipinski definition) is 0. The smallest absolute Gasteiger partial charge is 0.142 e. The maximum absolute atomic E-state index is 5.59. The van der Waals surface area contributed by atoms with E-state index in [9.17, 15) is 0 Å². The van der Waals surface area contributed by atoms with Crippen LogP contribution in [0.3, 0.4) is 0 Å². The highest BCUT2D eigenvalue weighted by Gasteiger charge is 2.20. The van der Waals surface area contributed by atoms with Crippen molar-refractivity contribution in [1.29, 1.82) is 0 Å². The van der Waals surface area contributed by atoms with Crippen molar-refractivity contribution in [2.75, 3.05) is 20.2 Å². The largest absolute Gasteiger partial charge is 0.490 e. The molecule has 3 nitrogen and oxygen atoms in total. The molecule has 0 N–H and O–H groups in total. The lowest BCUT2D eigenvalue weighted by atomic mass is 10.2. The highest BCUT2D eigenvalue weighted by molar-refractivity contribution is 5.29. The molecule has 1 aromatic rings. The van der Waals surface area contributed by atoms with Crippen molar-refractivity contribution >= 4 is 0 Å². The maximum Gasteiger partial charge on any atom is 0.142 e. The van der Waals surface area contributed by atoms with Crippen LogP contribution >= 0.6 is 0 Å². The minimum Gasteiger partial charge on any atom is -0.490 e. The predicted molar refractivity (Wildman–Crippen MR) is 50.8 cm³/mol. The monoisotopic (exact) mass is 178 g/mol. The topological polar surface area (TPSA) is 25.4 Å². The van der Waals surface area contributed by atoms with Crippen LogP contribution in [0.2, 0.25) is 0 Å². The van der Waals surface area contributed by atoms with Gasteiger partial charge in [-0.3, -0.25) is 9.88 Å². The van der Waals surface area contributed by atoms with Gasteiger partial charge in [-0.1, -0.05) is 0 Å². The number of aromatic nitrogens is 1. The van der Waals surface area contributed by atoms with Gasteiger partial charge in [0, 0.05) is 12.7 Å². The first kappa shape index (κ1) is 8.51. The summed E-state index contributed by atoms with van der Waals surface area (Å²) in [4.78, 5) is 6.59. The summed E-state index contributed by atoms with van der Waals surface area (Å²) in [6.07, 6.45) is 1.82. The minimum absolute atomic E-state index is 0.346. The van der Waals surface area contributed by atoms with Crippen LogP contribution in [-0.2, 0) is 0 Å². The van der Waals surface area contributed by atoms with Crippen LogP contribution in [0, 0.1) is 0 Å². The summed E-state index contributed by atoms with van der Waals surface area (Å²) in [5.74, 6) is 0.930. The van der Waals surface area contributed by atoms with Crippen molar-refractivity contribution in [2.24, 2.45) is 0 Å². The molecular weight excluding hydrogens is 164 g/mol. The van der Waals surface area contributed by atoms with Crippen molar-refractivity contribution in [3.63, 3.8) is 0 Å². The number of ether oxygens (including phenoxy) is 1. The van der Waals surface area contributed by atoms with E-state index in [1.807, 2.05) is 18.3 Å². The van der Waals surface area contributed by atoms with Crippen molar-refractivity contribution in [2.45, 2.75) is 13.0 Å². The van der Waals surface area contributed by atoms with E-state index in [4.69, 9.17) is 4.74 Å². The summed E-state index contributed by atoms with van der Waals surface area (Å²) in [6, 6.07) is 4.24. The van der Waals surface area contributed by atoms with Crippen molar-refractivity contribution in [3.8, 4) is 5.75 Å². The van der Waals surface area contributed by atoms with Crippen molar-refractivity contribution in [3.05, 3.63) is 24.0 Å². The van der Waals surface area contributed by atoms with Crippen LogP contribution in [-0.4, -0.2) is 30.1 Å². The van der Waals surface area contributed by atoms with E-state index < -0.39 is 0 Å². The SMILES string of the molecule is CC1c2ncccc2OCCN1C. The standard InChI is InChI=1S/C10H14N2O/c1-8-10-9(4-3-5-11-10)13-7-6-12(8)2/h3-5,8H,6-7H2,1-2H3. The van der Waals surface area contributed by atoms with Gasteiger partial charge in [0.2, 0.25) is 0 Å². The fraction of sp³-hybridized carbons (Fsp3) is 0.500. The van der Waals surface area contributed by atoms with Gasteiger partial charge in [-0.05, 0) is 26.1 Å². The molecule has 0 saturated heterocycles. The van der Waals surface area contributed by atoms with Gasteiger partial charge in [-0.2, -0.15) is 0 Å². The zero-order chi connectivity index (χ0) is 9.26. The lowest BCUT2D eigenvalue weighted by Gasteiger charge is -2.20. The van der Waals surface area contributed by atoms with E-state index in [0.717, 1.165) is 24.6 Å². The Bertz CT molecular complexity index is 301. The lowest BCUT2D eigenvalue weighted by Crippen LogP contribution is -2.24. The fourth-order valence-corrected chi connectivity index (χ4v) is 1.54. The molecular formula is C10H14N2O. The number of pyridine rings is 1. The molecule has 1 atom stereocenters. The quantitative estimate of drug-likeness (QED) is 0.601. The van der Waals surface area contributed by atoms with E-state index in [1.165, 1.54) is 0 Å². The van der Waals surface area contributed by atoms with Crippen molar-refractivity contribution < 1.29 is 4.74 Å². The molecule has 3 heteroatoms. The second-order valence-electron chi connectivity index (χ2n) is 3.39. The third-order valence-electron chi connectivity index (χ3n) is 2.56. The van der Waals surface area contributed by atoms with Gasteiger partial charge in [-0.15, -0.1) is 0 Å². The van der Waals surface area contributed by atoms with E-state index in [0.29, 0.717) is 6.04 Å². The Balaban J connectivity index is 2.40. The summed E-state index contributed by atoms with van der Waals surface area (Å²) in [6.45, 7) is 3.86. The highest BCUT2D eigenvalue weighted by Crippen LogP contribution is 2.27. The van der Waals surface area contributed by atoms with Crippen LogP contribution in [0.1, 0.15) is 18.7 Å². The molecule has 0 radical (unpaired) electrons. The van der Waals surface area contributed by atoms with Crippen LogP contribution in [0.5, 0.6) is 5.75 Å². The van der Waals surface area contributed by atoms with Crippen LogP contribution in [0.4, 0.5) is 0 Å². The molecule has 0 aromatic carbocycles. The predicted octanol–water partition coefficient (Wildman–Crippen LogP) is 1.47. The molecule has 13 heavy (non-hydrogen) atoms. The van der Waals surface area contributed by atoms with E-state index in [-0.39, 0.29) is 0 Å². The third-order valence-corrected chi connectivity index (χ3v) is 2.56. The van der Waals surface area contributed by atoms with Gasteiger partial charge in [0.05, 0.1) is 11.7 Å². The van der Waals surface area contributed by atoms with E-state index in [1.54, 1.807) is 0 Å². The Morgan fingerprint density at radius 3 is 3.31 bits per heavy atom. The molecule has 2 rings (SSSR count). The Labute approximate surface area is 78.3 Å². The zero-order valence-corrected chi connectivity index (χ0v) is 8.03. The molecule has 0 saturated carbocycles. The normalized spacial score (nSPS) is 23.1. The Hall–Kier alpha value is -1.09. The van der Waals surface area contributed by atoms with Gasteiger partial charge in [0.1, 0.15) is 12.4 Å². The van der Waals surface area contributed by atoms with Gasteiger partial charge >= 0.3 is 0 Å². The first-order valence-corrected chi connectivity index (χ1v) is 4.57. The maximum atomic E-state index is 5.59. The molecule has 70 valence electrons. The van der Waals surface area contributed by atoms with Gasteiger partial charge < -0.3 is 4.74 Å². The second-order valence-corrected chi connectivity index (χ2v) is 3.39. The van der Waals surface area contributed by atoms with Crippen LogP contribution < -0.4 is 4.74 Å². The highest BCUT2D eigenvalue weighted by atomic mass is 16.5. The molecule has 0 spiro atoms. The number of rotatable bonds is 0. The summed E-state index contributed by atoms with van der Waals surface area (Å²) in [5, 5.41) is 0. The van der Waals surface area contributed by atoms with Gasteiger partial charge in [0.25, 0.3) is 0 Å². The summed E-state index contributed by atoms with van der Waals surface area (Å²) >= 11 is 0. The van der Waals surface area contributed by atoms with E-state index in [2.05, 4.69) is 23.9 Å². The average molecular weight is 178 g/mol. The van der Waals surface area contributed by atoms with E-state index >= 15 is 0 Å². The minimum atomic E-state index is 0.346. The molecule has 0 bridgehead atoms. The molecule has 0 amide bonds.